The van der Waals surface area contributed by atoms with Gasteiger partial charge in [0.2, 0.25) is 6.29 Å². The summed E-state index contributed by atoms with van der Waals surface area (Å²) in [5, 5.41) is 7.44. The Kier molecular flexibility index (Phi) is 5.26. The highest BCUT2D eigenvalue weighted by Gasteiger charge is 2.67. The van der Waals surface area contributed by atoms with Crippen LogP contribution >= 0.6 is 15.2 Å². The maximum Gasteiger partial charge on any atom is 0.374 e. The molecule has 2 heterocycles. The van der Waals surface area contributed by atoms with Gasteiger partial charge in [0.25, 0.3) is 5.08 Å². The molecular weight excluding hydrogens is 403 g/mol. The molecule has 3 N–H and O–H groups in total. The maximum absolute atomic E-state index is 14.2. The second kappa shape index (κ2) is 7.07. The summed E-state index contributed by atoms with van der Waals surface area (Å²) in [7, 11) is -9.02. The molecule has 12 heteroatoms. The minimum Gasteiger partial charge on any atom is -0.497 e. The number of ether oxygens (including phenoxy) is 1. The molecule has 1 fully saturated rings. The van der Waals surface area contributed by atoms with E-state index in [1.807, 2.05) is 0 Å². The van der Waals surface area contributed by atoms with Crippen molar-refractivity contribution in [2.45, 2.75) is 17.8 Å². The molecule has 1 aliphatic heterocycles. The number of aromatic nitrogens is 1. The summed E-state index contributed by atoms with van der Waals surface area (Å²) < 4.78 is 54.0. The number of halogens is 1. The molecule has 1 saturated heterocycles. The van der Waals surface area contributed by atoms with Crippen LogP contribution in [0.2, 0.25) is 0 Å². The zero-order valence-electron chi connectivity index (χ0n) is 13.9. The normalized spacial score (nSPS) is 33.6. The van der Waals surface area contributed by atoms with Crippen LogP contribution in [-0.2, 0) is 24.6 Å². The first kappa shape index (κ1) is 20.1. The zero-order valence-corrected chi connectivity index (χ0v) is 15.7. The fourth-order valence-corrected chi connectivity index (χ4v) is 6.09. The average Bonchev–Trinajstić information content (AvgIpc) is 2.60. The third-order valence-corrected chi connectivity index (χ3v) is 8.61. The first-order valence-electron chi connectivity index (χ1n) is 7.57. The van der Waals surface area contributed by atoms with E-state index in [4.69, 9.17) is 13.8 Å². The van der Waals surface area contributed by atoms with Crippen LogP contribution in [0.5, 0.6) is 5.75 Å². The maximum atomic E-state index is 14.2. The number of hydrogen-bond donors (Lipinski definition) is 3. The van der Waals surface area contributed by atoms with Gasteiger partial charge in [-0.15, -0.1) is 0 Å². The highest BCUT2D eigenvalue weighted by molar-refractivity contribution is 7.73. The van der Waals surface area contributed by atoms with Gasteiger partial charge in [-0.3, -0.25) is 23.2 Å². The predicted octanol–water partition coefficient (Wildman–Crippen LogP) is 2.53. The highest BCUT2D eigenvalue weighted by atomic mass is 31.2. The van der Waals surface area contributed by atoms with Gasteiger partial charge in [0.15, 0.2) is 0 Å². The number of methoxy groups -OCH3 is 1. The number of hydrogen-bond acceptors (Lipinski definition) is 7. The van der Waals surface area contributed by atoms with Crippen molar-refractivity contribution in [1.29, 1.82) is 0 Å². The Hall–Kier alpha value is -1.64. The molecule has 27 heavy (non-hydrogen) atoms. The van der Waals surface area contributed by atoms with E-state index < -0.39 is 44.4 Å². The second-order valence-electron chi connectivity index (χ2n) is 5.78. The molecule has 0 aliphatic carbocycles. The van der Waals surface area contributed by atoms with Crippen molar-refractivity contribution >= 4 is 15.2 Å². The van der Waals surface area contributed by atoms with Gasteiger partial charge in [0.05, 0.1) is 7.11 Å². The molecule has 9 nitrogen and oxygen atoms in total. The lowest BCUT2D eigenvalue weighted by Gasteiger charge is -2.41. The number of rotatable bonds is 4. The SMILES string of the molecule is COc1ccc(C2OP(=O)(O)C(O)(Cc3cccnc3)P(=O)(O)O2)c(F)c1. The Bertz CT molecular complexity index is 915. The molecule has 3 rings (SSSR count). The monoisotopic (exact) mass is 419 g/mol. The van der Waals surface area contributed by atoms with E-state index in [0.29, 0.717) is 0 Å². The van der Waals surface area contributed by atoms with E-state index in [9.17, 15) is 28.4 Å². The number of benzene rings is 1. The fraction of sp³-hybridized carbons (Fsp3) is 0.267. The largest absolute Gasteiger partial charge is 0.497 e. The second-order valence-corrected chi connectivity index (χ2v) is 10.1. The lowest BCUT2D eigenvalue weighted by molar-refractivity contribution is -0.0596. The Balaban J connectivity index is 1.97. The van der Waals surface area contributed by atoms with E-state index in [0.717, 1.165) is 12.1 Å². The van der Waals surface area contributed by atoms with Gasteiger partial charge in [-0.25, -0.2) is 4.39 Å². The first-order valence-corrected chi connectivity index (χ1v) is 10.7. The Morgan fingerprint density at radius 2 is 1.93 bits per heavy atom. The standard InChI is InChI=1S/C15H16FNO8P2/c1-23-11-4-5-12(13(16)7-11)14-24-26(19,20)15(18,27(21,22)25-14)8-10-3-2-6-17-9-10/h2-7,9,14,18H,8H2,1H3,(H,19,20)(H,21,22). The fourth-order valence-electron chi connectivity index (χ4n) is 2.52. The van der Waals surface area contributed by atoms with Crippen LogP contribution in [0, 0.1) is 5.82 Å². The van der Waals surface area contributed by atoms with Crippen LogP contribution in [0.15, 0.2) is 42.7 Å². The zero-order chi connectivity index (χ0) is 19.9. The summed E-state index contributed by atoms with van der Waals surface area (Å²) in [6.07, 6.45) is -0.0503. The quantitative estimate of drug-likeness (QED) is 0.639. The molecule has 2 aromatic rings. The van der Waals surface area contributed by atoms with Crippen LogP contribution in [0.3, 0.4) is 0 Å². The van der Waals surface area contributed by atoms with Gasteiger partial charge < -0.3 is 19.6 Å². The molecule has 1 aromatic heterocycles. The third-order valence-electron chi connectivity index (χ3n) is 4.01. The minimum absolute atomic E-state index is 0.152. The van der Waals surface area contributed by atoms with Crippen LogP contribution in [-0.4, -0.2) is 32.1 Å². The summed E-state index contributed by atoms with van der Waals surface area (Å²) in [6, 6.07) is 6.28. The Morgan fingerprint density at radius 3 is 2.44 bits per heavy atom. The van der Waals surface area contributed by atoms with Crippen molar-refractivity contribution in [3.05, 3.63) is 59.7 Å². The summed E-state index contributed by atoms with van der Waals surface area (Å²) in [5.74, 6) is -0.795. The van der Waals surface area contributed by atoms with Gasteiger partial charge in [0.1, 0.15) is 11.6 Å². The summed E-state index contributed by atoms with van der Waals surface area (Å²) in [4.78, 5) is 24.2. The Labute approximate surface area is 153 Å². The van der Waals surface area contributed by atoms with Gasteiger partial charge >= 0.3 is 15.2 Å². The van der Waals surface area contributed by atoms with Gasteiger partial charge in [-0.05, 0) is 23.8 Å². The summed E-state index contributed by atoms with van der Waals surface area (Å²) in [5.41, 5.74) is -0.201. The highest BCUT2D eigenvalue weighted by Crippen LogP contribution is 2.79. The molecule has 1 aliphatic rings. The summed E-state index contributed by atoms with van der Waals surface area (Å²) >= 11 is 0. The Morgan fingerprint density at radius 1 is 1.26 bits per heavy atom. The third kappa shape index (κ3) is 3.58. The van der Waals surface area contributed by atoms with Crippen molar-refractivity contribution in [3.63, 3.8) is 0 Å². The predicted molar refractivity (Wildman–Crippen MR) is 90.4 cm³/mol. The van der Waals surface area contributed by atoms with Crippen molar-refractivity contribution < 1.29 is 42.2 Å². The van der Waals surface area contributed by atoms with Crippen LogP contribution in [0.4, 0.5) is 4.39 Å². The van der Waals surface area contributed by atoms with Gasteiger partial charge in [-0.1, -0.05) is 6.07 Å². The smallest absolute Gasteiger partial charge is 0.374 e. The van der Waals surface area contributed by atoms with Crippen LogP contribution in [0.1, 0.15) is 17.4 Å². The molecule has 146 valence electrons. The van der Waals surface area contributed by atoms with Crippen molar-refractivity contribution in [1.82, 2.24) is 4.98 Å². The molecule has 2 atom stereocenters. The van der Waals surface area contributed by atoms with E-state index in [1.54, 1.807) is 0 Å². The molecule has 2 unspecified atom stereocenters. The number of nitrogens with zero attached hydrogens (tertiary/aromatic N) is 1. The first-order chi connectivity index (χ1) is 12.6. The molecule has 1 aromatic carbocycles. The van der Waals surface area contributed by atoms with E-state index in [-0.39, 0.29) is 11.3 Å². The average molecular weight is 419 g/mol. The van der Waals surface area contributed by atoms with Crippen molar-refractivity contribution in [2.75, 3.05) is 7.11 Å². The molecule has 0 spiro atoms. The van der Waals surface area contributed by atoms with E-state index in [2.05, 4.69) is 4.98 Å². The van der Waals surface area contributed by atoms with Crippen LogP contribution in [0.25, 0.3) is 0 Å². The van der Waals surface area contributed by atoms with Crippen molar-refractivity contribution in [3.8, 4) is 5.75 Å². The molecule has 0 radical (unpaired) electrons. The van der Waals surface area contributed by atoms with Gasteiger partial charge in [-0.2, -0.15) is 0 Å². The molecular formula is C15H16FNO8P2. The van der Waals surface area contributed by atoms with Gasteiger partial charge in [0, 0.05) is 30.4 Å². The molecule has 0 amide bonds. The lowest BCUT2D eigenvalue weighted by Crippen LogP contribution is -2.38. The summed E-state index contributed by atoms with van der Waals surface area (Å²) in [6.45, 7) is 0. The lowest BCUT2D eigenvalue weighted by atomic mass is 10.2. The molecule has 0 bridgehead atoms. The number of pyridine rings is 1. The number of aliphatic hydroxyl groups is 1. The van der Waals surface area contributed by atoms with E-state index in [1.165, 1.54) is 37.7 Å². The van der Waals surface area contributed by atoms with E-state index >= 15 is 0 Å². The van der Waals surface area contributed by atoms with Crippen LogP contribution < -0.4 is 4.74 Å². The topological polar surface area (TPSA) is 135 Å². The minimum atomic E-state index is -5.16. The molecule has 0 saturated carbocycles. The van der Waals surface area contributed by atoms with Crippen molar-refractivity contribution in [2.24, 2.45) is 0 Å².